The zero-order chi connectivity index (χ0) is 20.2. The Morgan fingerprint density at radius 2 is 2.00 bits per heavy atom. The van der Waals surface area contributed by atoms with Crippen LogP contribution in [0, 0.1) is 5.82 Å². The van der Waals surface area contributed by atoms with E-state index >= 15 is 0 Å². The summed E-state index contributed by atoms with van der Waals surface area (Å²) in [5.41, 5.74) is 1.12. The number of rotatable bonds is 4. The van der Waals surface area contributed by atoms with Crippen molar-refractivity contribution in [2.75, 3.05) is 13.6 Å². The Morgan fingerprint density at radius 1 is 1.25 bits per heavy atom. The molecule has 1 fully saturated rings. The molecule has 148 valence electrons. The van der Waals surface area contributed by atoms with Gasteiger partial charge in [0.1, 0.15) is 5.82 Å². The molecule has 0 bridgehead atoms. The van der Waals surface area contributed by atoms with Crippen LogP contribution in [-0.2, 0) is 11.3 Å². The number of halogens is 2. The van der Waals surface area contributed by atoms with Crippen molar-refractivity contribution in [3.8, 4) is 0 Å². The van der Waals surface area contributed by atoms with E-state index in [1.54, 1.807) is 7.05 Å². The van der Waals surface area contributed by atoms with Crippen LogP contribution < -0.4 is 0 Å². The van der Waals surface area contributed by atoms with Crippen LogP contribution in [0.3, 0.4) is 0 Å². The van der Waals surface area contributed by atoms with Gasteiger partial charge in [0.25, 0.3) is 5.91 Å². The van der Waals surface area contributed by atoms with Crippen LogP contribution in [-0.4, -0.2) is 63.3 Å². The molecule has 0 aliphatic carbocycles. The highest BCUT2D eigenvalue weighted by molar-refractivity contribution is 6.31. The number of fused-ring (bicyclic) bond motifs is 3. The van der Waals surface area contributed by atoms with Gasteiger partial charge in [-0.3, -0.25) is 9.69 Å². The minimum Gasteiger partial charge on any atom is -0.315 e. The number of carbonyl (C=O) groups is 2. The molecule has 3 aliphatic rings. The van der Waals surface area contributed by atoms with Crippen molar-refractivity contribution < 1.29 is 14.0 Å². The first-order valence-electron chi connectivity index (χ1n) is 9.18. The lowest BCUT2D eigenvalue weighted by Crippen LogP contribution is -2.63. The summed E-state index contributed by atoms with van der Waals surface area (Å²) < 4.78 is 14.2. The van der Waals surface area contributed by atoms with Crippen molar-refractivity contribution in [1.29, 1.82) is 0 Å². The first-order chi connectivity index (χ1) is 13.3. The maximum absolute atomic E-state index is 14.2. The summed E-state index contributed by atoms with van der Waals surface area (Å²) in [7, 11) is 1.61. The summed E-state index contributed by atoms with van der Waals surface area (Å²) in [6, 6.07) is 3.11. The van der Waals surface area contributed by atoms with Gasteiger partial charge in [0.15, 0.2) is 12.2 Å². The van der Waals surface area contributed by atoms with Crippen LogP contribution in [0.4, 0.5) is 9.18 Å². The molecule has 0 saturated carbocycles. The van der Waals surface area contributed by atoms with Crippen LogP contribution in [0.2, 0.25) is 5.02 Å². The Bertz CT molecular complexity index is 897. The minimum absolute atomic E-state index is 0.123. The van der Waals surface area contributed by atoms with Crippen LogP contribution in [0.25, 0.3) is 0 Å². The number of urea groups is 1. The lowest BCUT2D eigenvalue weighted by molar-refractivity contribution is -0.137. The summed E-state index contributed by atoms with van der Waals surface area (Å²) >= 11 is 6.10. The van der Waals surface area contributed by atoms with Crippen LogP contribution in [0.15, 0.2) is 35.1 Å². The predicted octanol–water partition coefficient (Wildman–Crippen LogP) is 2.83. The zero-order valence-corrected chi connectivity index (χ0v) is 16.6. The molecular weight excluding hydrogens is 385 g/mol. The molecule has 9 heteroatoms. The topological polar surface area (TPSA) is 59.5 Å². The fourth-order valence-corrected chi connectivity index (χ4v) is 4.11. The highest BCUT2D eigenvalue weighted by atomic mass is 35.5. The van der Waals surface area contributed by atoms with E-state index in [2.05, 4.69) is 11.9 Å². The summed E-state index contributed by atoms with van der Waals surface area (Å²) in [4.78, 5) is 37.1. The number of hydrogen-bond acceptors (Lipinski definition) is 5. The second kappa shape index (κ2) is 6.77. The van der Waals surface area contributed by atoms with Gasteiger partial charge in [0.2, 0.25) is 5.96 Å². The Hall–Kier alpha value is -2.61. The molecule has 4 rings (SSSR count). The van der Waals surface area contributed by atoms with Gasteiger partial charge < -0.3 is 14.7 Å². The van der Waals surface area contributed by atoms with E-state index in [-0.39, 0.29) is 17.1 Å². The molecule has 0 radical (unpaired) electrons. The normalized spacial score (nSPS) is 23.9. The maximum atomic E-state index is 14.2. The molecule has 0 N–H and O–H groups in total. The molecule has 1 saturated heterocycles. The molecule has 3 aliphatic heterocycles. The average molecular weight is 406 g/mol. The molecule has 3 heterocycles. The SMILES string of the molecule is CCCN1C(C)=CN2C1=NC1C2C(=O)N(Cc2c(F)cccc2Cl)C(=O)N1C. The Balaban J connectivity index is 1.67. The summed E-state index contributed by atoms with van der Waals surface area (Å²) in [6.07, 6.45) is 2.20. The van der Waals surface area contributed by atoms with Gasteiger partial charge in [-0.2, -0.15) is 0 Å². The van der Waals surface area contributed by atoms with Crippen molar-refractivity contribution in [2.24, 2.45) is 4.99 Å². The fourth-order valence-electron chi connectivity index (χ4n) is 3.89. The Labute approximate surface area is 167 Å². The summed E-state index contributed by atoms with van der Waals surface area (Å²) in [5, 5.41) is 0.180. The van der Waals surface area contributed by atoms with E-state index in [0.717, 1.165) is 23.6 Å². The van der Waals surface area contributed by atoms with Gasteiger partial charge in [0.05, 0.1) is 6.54 Å². The third kappa shape index (κ3) is 2.66. The third-order valence-electron chi connectivity index (χ3n) is 5.33. The van der Waals surface area contributed by atoms with E-state index in [4.69, 9.17) is 11.6 Å². The van der Waals surface area contributed by atoms with Crippen LogP contribution in [0.5, 0.6) is 0 Å². The number of allylic oxidation sites excluding steroid dienone is 1. The van der Waals surface area contributed by atoms with Crippen molar-refractivity contribution in [2.45, 2.75) is 39.0 Å². The van der Waals surface area contributed by atoms with E-state index in [0.29, 0.717) is 5.96 Å². The molecule has 28 heavy (non-hydrogen) atoms. The number of aliphatic imine (C=N–C) groups is 1. The van der Waals surface area contributed by atoms with Gasteiger partial charge in [0, 0.05) is 36.1 Å². The summed E-state index contributed by atoms with van der Waals surface area (Å²) in [5.74, 6) is -0.283. The summed E-state index contributed by atoms with van der Waals surface area (Å²) in [6.45, 7) is 4.59. The molecule has 0 spiro atoms. The number of imide groups is 1. The van der Waals surface area contributed by atoms with Gasteiger partial charge >= 0.3 is 6.03 Å². The van der Waals surface area contributed by atoms with Gasteiger partial charge in [-0.25, -0.2) is 14.2 Å². The lowest BCUT2D eigenvalue weighted by atomic mass is 10.1. The van der Waals surface area contributed by atoms with Crippen LogP contribution in [0.1, 0.15) is 25.8 Å². The number of benzene rings is 1. The number of hydrogen-bond donors (Lipinski definition) is 0. The van der Waals surface area contributed by atoms with Crippen molar-refractivity contribution in [3.05, 3.63) is 46.5 Å². The van der Waals surface area contributed by atoms with E-state index in [9.17, 15) is 14.0 Å². The smallest absolute Gasteiger partial charge is 0.315 e. The minimum atomic E-state index is -0.667. The number of nitrogens with zero attached hydrogens (tertiary/aromatic N) is 5. The Morgan fingerprint density at radius 3 is 2.68 bits per heavy atom. The van der Waals surface area contributed by atoms with E-state index in [1.807, 2.05) is 22.9 Å². The van der Waals surface area contributed by atoms with Crippen LogP contribution >= 0.6 is 11.6 Å². The molecule has 2 unspecified atom stereocenters. The highest BCUT2D eigenvalue weighted by Gasteiger charge is 2.54. The maximum Gasteiger partial charge on any atom is 0.328 e. The predicted molar refractivity (Wildman–Crippen MR) is 103 cm³/mol. The quantitative estimate of drug-likeness (QED) is 0.772. The van der Waals surface area contributed by atoms with Gasteiger partial charge in [-0.15, -0.1) is 0 Å². The molecule has 1 aromatic rings. The molecule has 0 aromatic heterocycles. The third-order valence-corrected chi connectivity index (χ3v) is 5.68. The number of amides is 3. The van der Waals surface area contributed by atoms with E-state index < -0.39 is 30.0 Å². The second-order valence-corrected chi connectivity index (χ2v) is 7.54. The van der Waals surface area contributed by atoms with Crippen molar-refractivity contribution in [3.63, 3.8) is 0 Å². The van der Waals surface area contributed by atoms with Crippen molar-refractivity contribution >= 4 is 29.5 Å². The van der Waals surface area contributed by atoms with Crippen molar-refractivity contribution in [1.82, 2.24) is 19.6 Å². The average Bonchev–Trinajstić information content (AvgIpc) is 3.15. The standard InChI is InChI=1S/C19H21ClFN5O2/c1-4-8-24-11(2)9-25-15-16(22-18(24)25)23(3)19(28)26(17(15)27)10-12-13(20)6-5-7-14(12)21/h5-7,9,15-16H,4,8,10H2,1-3H3. The molecule has 1 aromatic carbocycles. The lowest BCUT2D eigenvalue weighted by Gasteiger charge is -2.40. The number of carbonyl (C=O) groups excluding carboxylic acids is 2. The first kappa shape index (κ1) is 18.7. The monoisotopic (exact) mass is 405 g/mol. The Kier molecular flexibility index (Phi) is 4.53. The zero-order valence-electron chi connectivity index (χ0n) is 15.9. The van der Waals surface area contributed by atoms with Gasteiger partial charge in [-0.1, -0.05) is 24.6 Å². The number of guanidine groups is 1. The largest absolute Gasteiger partial charge is 0.328 e. The molecule has 7 nitrogen and oxygen atoms in total. The van der Waals surface area contributed by atoms with Gasteiger partial charge in [-0.05, 0) is 25.5 Å². The molecule has 3 amide bonds. The highest BCUT2D eigenvalue weighted by Crippen LogP contribution is 2.35. The number of likely N-dealkylation sites (N-methyl/N-ethyl adjacent to an activating group) is 1. The van der Waals surface area contributed by atoms with E-state index in [1.165, 1.54) is 23.1 Å². The first-order valence-corrected chi connectivity index (χ1v) is 9.56. The molecule has 2 atom stereocenters. The fraction of sp³-hybridized carbons (Fsp3) is 0.421. The molecular formula is C19H21ClFN5O2. The second-order valence-electron chi connectivity index (χ2n) is 7.14.